The van der Waals surface area contributed by atoms with Crippen molar-refractivity contribution in [1.29, 1.82) is 0 Å². The summed E-state index contributed by atoms with van der Waals surface area (Å²) in [5.41, 5.74) is -0.490. The molecule has 0 spiro atoms. The predicted octanol–water partition coefficient (Wildman–Crippen LogP) is 6.30. The third-order valence-corrected chi connectivity index (χ3v) is 9.43. The maximum Gasteiger partial charge on any atom is 0.417 e. The molecule has 0 saturated heterocycles. The van der Waals surface area contributed by atoms with E-state index in [1.165, 1.54) is 48.5 Å². The van der Waals surface area contributed by atoms with Gasteiger partial charge in [0.1, 0.15) is 6.54 Å². The van der Waals surface area contributed by atoms with Gasteiger partial charge in [-0.2, -0.15) is 13.2 Å². The number of carbonyl (C=O) groups is 1. The number of benzene rings is 4. The van der Waals surface area contributed by atoms with Crippen LogP contribution in [0.3, 0.4) is 0 Å². The first-order chi connectivity index (χ1) is 19.7. The van der Waals surface area contributed by atoms with E-state index in [1.807, 2.05) is 0 Å². The Bertz CT molecular complexity index is 1800. The molecular formula is C28H23ClF3N3O5S2. The smallest absolute Gasteiger partial charge is 0.325 e. The molecule has 0 aromatic heterocycles. The lowest BCUT2D eigenvalue weighted by atomic mass is 10.2. The number of halogens is 4. The number of aryl methyl sites for hydroxylation is 1. The molecule has 1 amide bonds. The second-order valence-electron chi connectivity index (χ2n) is 9.03. The molecule has 0 fully saturated rings. The van der Waals surface area contributed by atoms with Crippen LogP contribution in [-0.2, 0) is 31.0 Å². The van der Waals surface area contributed by atoms with Crippen LogP contribution in [0.2, 0.25) is 5.02 Å². The first-order valence-electron chi connectivity index (χ1n) is 12.1. The third kappa shape index (κ3) is 7.22. The molecule has 4 rings (SSSR count). The summed E-state index contributed by atoms with van der Waals surface area (Å²) in [6, 6.07) is 21.3. The Balaban J connectivity index is 1.61. The number of carbonyl (C=O) groups excluding carboxylic acids is 1. The molecule has 2 N–H and O–H groups in total. The van der Waals surface area contributed by atoms with Crippen LogP contribution in [-0.4, -0.2) is 29.3 Å². The van der Waals surface area contributed by atoms with E-state index in [1.54, 1.807) is 37.3 Å². The second-order valence-corrected chi connectivity index (χ2v) is 13.0. The summed E-state index contributed by atoms with van der Waals surface area (Å²) in [4.78, 5) is 12.7. The van der Waals surface area contributed by atoms with Gasteiger partial charge in [0.25, 0.3) is 20.0 Å². The van der Waals surface area contributed by atoms with Gasteiger partial charge in [0.15, 0.2) is 0 Å². The molecule has 0 radical (unpaired) electrons. The molecule has 220 valence electrons. The standard InChI is InChI=1S/C28H23ClF3N3O5S2/c1-19-7-12-24(13-8-19)42(39,40)35(22-11-16-26(29)25(17-22)28(30,31)32)18-27(36)33-20-9-14-23(15-10-20)41(37,38)34-21-5-3-2-4-6-21/h2-17,34H,18H2,1H3,(H,33,36). The van der Waals surface area contributed by atoms with E-state index in [9.17, 15) is 34.8 Å². The summed E-state index contributed by atoms with van der Waals surface area (Å²) >= 11 is 5.72. The number of amides is 1. The Morgan fingerprint density at radius 3 is 2.00 bits per heavy atom. The number of alkyl halides is 3. The largest absolute Gasteiger partial charge is 0.417 e. The Morgan fingerprint density at radius 2 is 1.40 bits per heavy atom. The van der Waals surface area contributed by atoms with Gasteiger partial charge in [0.2, 0.25) is 5.91 Å². The second kappa shape index (κ2) is 12.0. The van der Waals surface area contributed by atoms with Crippen molar-refractivity contribution in [3.63, 3.8) is 0 Å². The number of nitrogens with one attached hydrogen (secondary N) is 2. The number of hydrogen-bond donors (Lipinski definition) is 2. The van der Waals surface area contributed by atoms with Gasteiger partial charge in [-0.25, -0.2) is 16.8 Å². The summed E-state index contributed by atoms with van der Waals surface area (Å²) in [5, 5.41) is 1.81. The van der Waals surface area contributed by atoms with E-state index in [-0.39, 0.29) is 15.5 Å². The Kier molecular flexibility index (Phi) is 8.85. The van der Waals surface area contributed by atoms with Crippen molar-refractivity contribution >= 4 is 54.6 Å². The summed E-state index contributed by atoms with van der Waals surface area (Å²) in [5.74, 6) is -0.896. The van der Waals surface area contributed by atoms with E-state index in [0.29, 0.717) is 16.1 Å². The lowest BCUT2D eigenvalue weighted by molar-refractivity contribution is -0.137. The molecule has 14 heteroatoms. The van der Waals surface area contributed by atoms with Crippen molar-refractivity contribution in [3.8, 4) is 0 Å². The predicted molar refractivity (Wildman–Crippen MR) is 154 cm³/mol. The zero-order valence-corrected chi connectivity index (χ0v) is 24.2. The number of rotatable bonds is 9. The molecule has 0 bridgehead atoms. The fraction of sp³-hybridized carbons (Fsp3) is 0.107. The topological polar surface area (TPSA) is 113 Å². The summed E-state index contributed by atoms with van der Waals surface area (Å²) in [6.07, 6.45) is -4.88. The molecule has 0 heterocycles. The molecule has 8 nitrogen and oxygen atoms in total. The summed E-state index contributed by atoms with van der Waals surface area (Å²) < 4.78 is 96.1. The van der Waals surface area contributed by atoms with Gasteiger partial charge in [0.05, 0.1) is 26.1 Å². The van der Waals surface area contributed by atoms with Crippen LogP contribution in [0.4, 0.5) is 30.2 Å². The molecule has 0 aliphatic rings. The van der Waals surface area contributed by atoms with Crippen molar-refractivity contribution in [2.75, 3.05) is 20.9 Å². The van der Waals surface area contributed by atoms with E-state index in [4.69, 9.17) is 11.6 Å². The molecule has 0 aliphatic heterocycles. The maximum absolute atomic E-state index is 13.6. The monoisotopic (exact) mass is 637 g/mol. The van der Waals surface area contributed by atoms with Crippen LogP contribution < -0.4 is 14.3 Å². The highest BCUT2D eigenvalue weighted by atomic mass is 35.5. The fourth-order valence-electron chi connectivity index (χ4n) is 3.81. The van der Waals surface area contributed by atoms with E-state index < -0.39 is 54.9 Å². The highest BCUT2D eigenvalue weighted by Crippen LogP contribution is 2.38. The Labute approximate surface area is 245 Å². The molecule has 4 aromatic rings. The van der Waals surface area contributed by atoms with E-state index in [0.717, 1.165) is 17.7 Å². The van der Waals surface area contributed by atoms with E-state index >= 15 is 0 Å². The number of para-hydroxylation sites is 1. The van der Waals surface area contributed by atoms with E-state index in [2.05, 4.69) is 10.0 Å². The van der Waals surface area contributed by atoms with Crippen LogP contribution in [0, 0.1) is 6.92 Å². The fourth-order valence-corrected chi connectivity index (χ4v) is 6.50. The third-order valence-electron chi connectivity index (χ3n) is 5.91. The molecular weight excluding hydrogens is 615 g/mol. The highest BCUT2D eigenvalue weighted by Gasteiger charge is 2.35. The van der Waals surface area contributed by atoms with Crippen molar-refractivity contribution in [2.24, 2.45) is 0 Å². The number of anilines is 3. The summed E-state index contributed by atoms with van der Waals surface area (Å²) in [6.45, 7) is 0.829. The number of hydrogen-bond acceptors (Lipinski definition) is 5. The highest BCUT2D eigenvalue weighted by molar-refractivity contribution is 7.93. The zero-order chi connectivity index (χ0) is 30.7. The van der Waals surface area contributed by atoms with Crippen molar-refractivity contribution in [2.45, 2.75) is 22.9 Å². The van der Waals surface area contributed by atoms with Crippen LogP contribution in [0.1, 0.15) is 11.1 Å². The van der Waals surface area contributed by atoms with Crippen molar-refractivity contribution in [3.05, 3.63) is 113 Å². The van der Waals surface area contributed by atoms with Gasteiger partial charge in [-0.15, -0.1) is 0 Å². The molecule has 42 heavy (non-hydrogen) atoms. The number of nitrogens with zero attached hydrogens (tertiary/aromatic N) is 1. The van der Waals surface area contributed by atoms with Crippen LogP contribution in [0.25, 0.3) is 0 Å². The first kappa shape index (κ1) is 30.9. The first-order valence-corrected chi connectivity index (χ1v) is 15.4. The van der Waals surface area contributed by atoms with Gasteiger partial charge in [-0.1, -0.05) is 47.5 Å². The van der Waals surface area contributed by atoms with Gasteiger partial charge in [-0.05, 0) is 73.7 Å². The van der Waals surface area contributed by atoms with Crippen molar-refractivity contribution < 1.29 is 34.8 Å². The van der Waals surface area contributed by atoms with Crippen LogP contribution in [0.5, 0.6) is 0 Å². The average molecular weight is 638 g/mol. The lowest BCUT2D eigenvalue weighted by Crippen LogP contribution is -2.38. The van der Waals surface area contributed by atoms with Gasteiger partial charge in [0, 0.05) is 11.4 Å². The minimum absolute atomic E-state index is 0.103. The lowest BCUT2D eigenvalue weighted by Gasteiger charge is -2.25. The van der Waals surface area contributed by atoms with Crippen LogP contribution in [0.15, 0.2) is 107 Å². The minimum atomic E-state index is -4.88. The SMILES string of the molecule is Cc1ccc(S(=O)(=O)N(CC(=O)Nc2ccc(S(=O)(=O)Nc3ccccc3)cc2)c2ccc(Cl)c(C(F)(F)F)c2)cc1. The minimum Gasteiger partial charge on any atom is -0.325 e. The molecule has 0 saturated carbocycles. The molecule has 4 aromatic carbocycles. The van der Waals surface area contributed by atoms with Crippen molar-refractivity contribution in [1.82, 2.24) is 0 Å². The van der Waals surface area contributed by atoms with Gasteiger partial charge >= 0.3 is 6.18 Å². The maximum atomic E-state index is 13.6. The molecule has 0 unspecified atom stereocenters. The molecule has 0 aliphatic carbocycles. The van der Waals surface area contributed by atoms with Gasteiger partial charge in [-0.3, -0.25) is 13.8 Å². The molecule has 0 atom stereocenters. The normalized spacial score (nSPS) is 12.0. The van der Waals surface area contributed by atoms with Gasteiger partial charge < -0.3 is 5.32 Å². The number of sulfonamides is 2. The zero-order valence-electron chi connectivity index (χ0n) is 21.8. The van der Waals surface area contributed by atoms with Crippen LogP contribution >= 0.6 is 11.6 Å². The quantitative estimate of drug-likeness (QED) is 0.224. The Hall–Kier alpha value is -4.07. The Morgan fingerprint density at radius 1 is 0.810 bits per heavy atom. The summed E-state index contributed by atoms with van der Waals surface area (Å²) in [7, 11) is -8.45. The average Bonchev–Trinajstić information content (AvgIpc) is 2.92.